The first kappa shape index (κ1) is 8.03. The van der Waals surface area contributed by atoms with E-state index in [1.807, 2.05) is 6.92 Å². The molecule has 0 aromatic heterocycles. The first-order valence-electron chi connectivity index (χ1n) is 4.50. The smallest absolute Gasteiger partial charge is 0.0950 e. The van der Waals surface area contributed by atoms with Gasteiger partial charge in [-0.2, -0.15) is 5.26 Å². The average Bonchev–Trinajstić information content (AvgIpc) is 2.75. The molecule has 3 heteroatoms. The van der Waals surface area contributed by atoms with Gasteiger partial charge in [-0.1, -0.05) is 0 Å². The number of hydrogen-bond acceptors (Lipinski definition) is 3. The molecule has 0 bridgehead atoms. The fourth-order valence-electron chi connectivity index (χ4n) is 2.02. The van der Waals surface area contributed by atoms with E-state index in [0.717, 1.165) is 19.4 Å². The summed E-state index contributed by atoms with van der Waals surface area (Å²) >= 11 is 0. The molecule has 3 nitrogen and oxygen atoms in total. The van der Waals surface area contributed by atoms with Crippen molar-refractivity contribution in [2.24, 2.45) is 5.41 Å². The van der Waals surface area contributed by atoms with Gasteiger partial charge in [-0.25, -0.2) is 0 Å². The van der Waals surface area contributed by atoms with Gasteiger partial charge in [0.1, 0.15) is 0 Å². The molecule has 12 heavy (non-hydrogen) atoms. The normalized spacial score (nSPS) is 34.9. The molecule has 1 spiro atoms. The Labute approximate surface area is 72.6 Å². The number of β-amino-alcohol motifs (C(OH)–C–C–N with tert-alkyl or cyclic N) is 1. The Morgan fingerprint density at radius 1 is 1.67 bits per heavy atom. The van der Waals surface area contributed by atoms with Crippen LogP contribution < -0.4 is 0 Å². The molecule has 0 aromatic rings. The second-order valence-corrected chi connectivity index (χ2v) is 4.11. The second-order valence-electron chi connectivity index (χ2n) is 4.11. The number of nitriles is 1. The summed E-state index contributed by atoms with van der Waals surface area (Å²) < 4.78 is 0. The van der Waals surface area contributed by atoms with E-state index in [2.05, 4.69) is 11.0 Å². The zero-order chi connectivity index (χ0) is 8.77. The van der Waals surface area contributed by atoms with E-state index in [4.69, 9.17) is 5.26 Å². The minimum atomic E-state index is -0.187. The van der Waals surface area contributed by atoms with Crippen LogP contribution in [0.3, 0.4) is 0 Å². The monoisotopic (exact) mass is 166 g/mol. The highest BCUT2D eigenvalue weighted by atomic mass is 16.3. The summed E-state index contributed by atoms with van der Waals surface area (Å²) in [5.41, 5.74) is 0.186. The Bertz CT molecular complexity index is 229. The minimum absolute atomic E-state index is 0.0420. The molecule has 0 radical (unpaired) electrons. The van der Waals surface area contributed by atoms with Crippen LogP contribution >= 0.6 is 0 Å². The molecule has 66 valence electrons. The van der Waals surface area contributed by atoms with Gasteiger partial charge in [-0.05, 0) is 19.8 Å². The molecule has 2 atom stereocenters. The molecule has 1 heterocycles. The SMILES string of the molecule is CC(C#N)N1CC(O)C2(CC2)C1. The quantitative estimate of drug-likeness (QED) is 0.611. The number of rotatable bonds is 1. The van der Waals surface area contributed by atoms with E-state index in [1.54, 1.807) is 0 Å². The first-order chi connectivity index (χ1) is 5.68. The van der Waals surface area contributed by atoms with Gasteiger partial charge in [0.15, 0.2) is 0 Å². The van der Waals surface area contributed by atoms with Crippen molar-refractivity contribution < 1.29 is 5.11 Å². The maximum absolute atomic E-state index is 9.68. The maximum Gasteiger partial charge on any atom is 0.0950 e. The van der Waals surface area contributed by atoms with Crippen LogP contribution in [-0.2, 0) is 0 Å². The van der Waals surface area contributed by atoms with E-state index in [1.165, 1.54) is 0 Å². The van der Waals surface area contributed by atoms with Gasteiger partial charge in [0.05, 0.1) is 18.2 Å². The largest absolute Gasteiger partial charge is 0.391 e. The molecule has 0 amide bonds. The minimum Gasteiger partial charge on any atom is -0.391 e. The lowest BCUT2D eigenvalue weighted by Crippen LogP contribution is -2.30. The Morgan fingerprint density at radius 3 is 2.75 bits per heavy atom. The van der Waals surface area contributed by atoms with Crippen molar-refractivity contribution in [1.82, 2.24) is 4.90 Å². The van der Waals surface area contributed by atoms with Gasteiger partial charge in [-0.3, -0.25) is 4.90 Å². The first-order valence-corrected chi connectivity index (χ1v) is 4.50. The van der Waals surface area contributed by atoms with E-state index in [0.29, 0.717) is 6.54 Å². The van der Waals surface area contributed by atoms with E-state index in [-0.39, 0.29) is 17.6 Å². The fourth-order valence-corrected chi connectivity index (χ4v) is 2.02. The fraction of sp³-hybridized carbons (Fsp3) is 0.889. The predicted molar refractivity (Wildman–Crippen MR) is 44.3 cm³/mol. The van der Waals surface area contributed by atoms with Crippen molar-refractivity contribution in [2.45, 2.75) is 31.9 Å². The van der Waals surface area contributed by atoms with Crippen LogP contribution in [0.2, 0.25) is 0 Å². The Balaban J connectivity index is 2.02. The van der Waals surface area contributed by atoms with Crippen LogP contribution in [0.1, 0.15) is 19.8 Å². The summed E-state index contributed by atoms with van der Waals surface area (Å²) in [6.07, 6.45) is 2.10. The van der Waals surface area contributed by atoms with Gasteiger partial charge in [0.25, 0.3) is 0 Å². The lowest BCUT2D eigenvalue weighted by atomic mass is 10.0. The maximum atomic E-state index is 9.68. The van der Waals surface area contributed by atoms with Crippen molar-refractivity contribution in [3.05, 3.63) is 0 Å². The van der Waals surface area contributed by atoms with Crippen molar-refractivity contribution in [3.63, 3.8) is 0 Å². The summed E-state index contributed by atoms with van der Waals surface area (Å²) in [7, 11) is 0. The van der Waals surface area contributed by atoms with Gasteiger partial charge in [-0.15, -0.1) is 0 Å². The number of likely N-dealkylation sites (tertiary alicyclic amines) is 1. The molecule has 2 rings (SSSR count). The molecule has 2 aliphatic rings. The highest BCUT2D eigenvalue weighted by Crippen LogP contribution is 2.52. The van der Waals surface area contributed by atoms with Gasteiger partial charge < -0.3 is 5.11 Å². The van der Waals surface area contributed by atoms with E-state index < -0.39 is 0 Å². The summed E-state index contributed by atoms with van der Waals surface area (Å²) in [6.45, 7) is 3.51. The van der Waals surface area contributed by atoms with Crippen molar-refractivity contribution in [3.8, 4) is 6.07 Å². The van der Waals surface area contributed by atoms with Gasteiger partial charge in [0.2, 0.25) is 0 Å². The van der Waals surface area contributed by atoms with Crippen LogP contribution in [0.15, 0.2) is 0 Å². The van der Waals surface area contributed by atoms with Gasteiger partial charge in [0, 0.05) is 18.5 Å². The summed E-state index contributed by atoms with van der Waals surface area (Å²) in [5, 5.41) is 18.4. The molecule has 1 N–H and O–H groups in total. The molecule has 1 saturated heterocycles. The molecule has 1 saturated carbocycles. The Kier molecular flexibility index (Phi) is 1.64. The van der Waals surface area contributed by atoms with Crippen LogP contribution in [0, 0.1) is 16.7 Å². The summed E-state index contributed by atoms with van der Waals surface area (Å²) in [4.78, 5) is 2.08. The third-order valence-corrected chi connectivity index (χ3v) is 3.26. The van der Waals surface area contributed by atoms with Crippen LogP contribution in [-0.4, -0.2) is 35.2 Å². The number of hydrogen-bond donors (Lipinski definition) is 1. The van der Waals surface area contributed by atoms with E-state index in [9.17, 15) is 5.11 Å². The number of nitrogens with zero attached hydrogens (tertiary/aromatic N) is 2. The zero-order valence-electron chi connectivity index (χ0n) is 7.32. The Hall–Kier alpha value is -0.590. The van der Waals surface area contributed by atoms with Crippen LogP contribution in [0.4, 0.5) is 0 Å². The highest BCUT2D eigenvalue weighted by molar-refractivity contribution is 5.09. The molecule has 2 fully saturated rings. The second kappa shape index (κ2) is 2.45. The number of aliphatic hydroxyl groups excluding tert-OH is 1. The third-order valence-electron chi connectivity index (χ3n) is 3.26. The molecule has 1 aliphatic carbocycles. The van der Waals surface area contributed by atoms with Crippen LogP contribution in [0.5, 0.6) is 0 Å². The molecular formula is C9H14N2O. The number of aliphatic hydroxyl groups is 1. The molecule has 0 aromatic carbocycles. The van der Waals surface area contributed by atoms with Crippen molar-refractivity contribution in [1.29, 1.82) is 5.26 Å². The van der Waals surface area contributed by atoms with Crippen molar-refractivity contribution in [2.75, 3.05) is 13.1 Å². The third kappa shape index (κ3) is 1.03. The Morgan fingerprint density at radius 2 is 2.33 bits per heavy atom. The zero-order valence-corrected chi connectivity index (χ0v) is 7.32. The summed E-state index contributed by atoms with van der Waals surface area (Å²) in [5.74, 6) is 0. The predicted octanol–water partition coefficient (Wildman–Crippen LogP) is 0.355. The van der Waals surface area contributed by atoms with Crippen LogP contribution in [0.25, 0.3) is 0 Å². The molecule has 1 aliphatic heterocycles. The summed E-state index contributed by atoms with van der Waals surface area (Å²) in [6, 6.07) is 2.17. The lowest BCUT2D eigenvalue weighted by molar-refractivity contribution is 0.130. The molecular weight excluding hydrogens is 152 g/mol. The lowest BCUT2D eigenvalue weighted by Gasteiger charge is -2.16. The average molecular weight is 166 g/mol. The highest BCUT2D eigenvalue weighted by Gasteiger charge is 2.55. The van der Waals surface area contributed by atoms with Gasteiger partial charge >= 0.3 is 0 Å². The van der Waals surface area contributed by atoms with E-state index >= 15 is 0 Å². The molecule has 2 unspecified atom stereocenters. The van der Waals surface area contributed by atoms with Crippen molar-refractivity contribution >= 4 is 0 Å². The standard InChI is InChI=1S/C9H14N2O/c1-7(4-10)11-5-8(12)9(6-11)2-3-9/h7-8,12H,2-3,5-6H2,1H3. The topological polar surface area (TPSA) is 47.3 Å².